The summed E-state index contributed by atoms with van der Waals surface area (Å²) in [5, 5.41) is 6.26. The Labute approximate surface area is 96.9 Å². The average molecular weight is 229 g/mol. The number of fused-ring (bicyclic) bond motifs is 2. The summed E-state index contributed by atoms with van der Waals surface area (Å²) in [6, 6.07) is 6.01. The first-order valence-corrected chi connectivity index (χ1v) is 5.86. The number of hydrogen-bond donors (Lipinski definition) is 2. The molecule has 3 N–H and O–H groups in total. The molecule has 4 heteroatoms. The van der Waals surface area contributed by atoms with Gasteiger partial charge in [0, 0.05) is 28.1 Å². The Bertz CT molecular complexity index is 670. The summed E-state index contributed by atoms with van der Waals surface area (Å²) in [5.41, 5.74) is 7.97. The van der Waals surface area contributed by atoms with Gasteiger partial charge in [0.15, 0.2) is 0 Å². The fourth-order valence-electron chi connectivity index (χ4n) is 1.85. The molecule has 2 aromatic heterocycles. The normalized spacial score (nSPS) is 13.2. The van der Waals surface area contributed by atoms with E-state index in [0.717, 1.165) is 26.8 Å². The lowest BCUT2D eigenvalue weighted by Gasteiger charge is -1.99. The maximum absolute atomic E-state index is 6.17. The summed E-state index contributed by atoms with van der Waals surface area (Å²) in [6.07, 6.45) is 3.72. The van der Waals surface area contributed by atoms with Crippen LogP contribution in [0.3, 0.4) is 0 Å². The third kappa shape index (κ3) is 1.31. The molecule has 3 rings (SSSR count). The van der Waals surface area contributed by atoms with Crippen molar-refractivity contribution in [2.45, 2.75) is 6.92 Å². The minimum Gasteiger partial charge on any atom is -0.396 e. The quantitative estimate of drug-likeness (QED) is 0.700. The molecule has 0 bridgehead atoms. The van der Waals surface area contributed by atoms with Gasteiger partial charge in [-0.3, -0.25) is 4.98 Å². The van der Waals surface area contributed by atoms with Gasteiger partial charge in [-0.25, -0.2) is 0 Å². The van der Waals surface area contributed by atoms with E-state index in [9.17, 15) is 0 Å². The molecule has 0 radical (unpaired) electrons. The third-order valence-electron chi connectivity index (χ3n) is 2.60. The molecule has 80 valence electrons. The summed E-state index contributed by atoms with van der Waals surface area (Å²) >= 11 is 1.71. The Morgan fingerprint density at radius 1 is 1.44 bits per heavy atom. The van der Waals surface area contributed by atoms with E-state index in [1.807, 2.05) is 18.3 Å². The van der Waals surface area contributed by atoms with Gasteiger partial charge >= 0.3 is 0 Å². The molecule has 0 unspecified atom stereocenters. The van der Waals surface area contributed by atoms with Crippen molar-refractivity contribution in [3.05, 3.63) is 45.4 Å². The lowest BCUT2D eigenvalue weighted by atomic mass is 10.2. The summed E-state index contributed by atoms with van der Waals surface area (Å²) in [6.45, 7) is 2.08. The van der Waals surface area contributed by atoms with Crippen LogP contribution in [0.5, 0.6) is 0 Å². The monoisotopic (exact) mass is 229 g/mol. The van der Waals surface area contributed by atoms with Gasteiger partial charge in [0.05, 0.1) is 11.0 Å². The first-order valence-electron chi connectivity index (χ1n) is 5.04. The maximum atomic E-state index is 6.17. The molecule has 0 aromatic carbocycles. The smallest absolute Gasteiger partial charge is 0.102 e. The zero-order chi connectivity index (χ0) is 11.1. The Morgan fingerprint density at radius 3 is 3.19 bits per heavy atom. The second-order valence-corrected chi connectivity index (χ2v) is 5.00. The molecule has 3 nitrogen and oxygen atoms in total. The lowest BCUT2D eigenvalue weighted by molar-refractivity contribution is 1.20. The molecule has 1 aliphatic rings. The van der Waals surface area contributed by atoms with Crippen molar-refractivity contribution in [2.24, 2.45) is 5.73 Å². The Balaban J connectivity index is 2.43. The first-order chi connectivity index (χ1) is 7.75. The van der Waals surface area contributed by atoms with Gasteiger partial charge in [-0.1, -0.05) is 0 Å². The minimum absolute atomic E-state index is 0.746. The molecule has 0 atom stereocenters. The number of nitrogens with one attached hydrogen (secondary N) is 1. The number of nitrogens with zero attached hydrogens (tertiary/aromatic N) is 1. The van der Waals surface area contributed by atoms with Crippen LogP contribution >= 0.6 is 11.3 Å². The second kappa shape index (κ2) is 3.35. The number of anilines is 1. The predicted octanol–water partition coefficient (Wildman–Crippen LogP) is 0.730. The van der Waals surface area contributed by atoms with E-state index in [1.165, 1.54) is 4.88 Å². The summed E-state index contributed by atoms with van der Waals surface area (Å²) in [7, 11) is 0. The van der Waals surface area contributed by atoms with Crippen LogP contribution in [0.25, 0.3) is 11.9 Å². The van der Waals surface area contributed by atoms with Gasteiger partial charge in [-0.15, -0.1) is 11.3 Å². The number of thiophene rings is 1. The summed E-state index contributed by atoms with van der Waals surface area (Å²) in [4.78, 5) is 5.58. The van der Waals surface area contributed by atoms with Gasteiger partial charge in [0.1, 0.15) is 5.00 Å². The molecular weight excluding hydrogens is 218 g/mol. The number of hydrogen-bond acceptors (Lipinski definition) is 4. The van der Waals surface area contributed by atoms with Crippen molar-refractivity contribution in [1.29, 1.82) is 0 Å². The zero-order valence-corrected chi connectivity index (χ0v) is 9.64. The van der Waals surface area contributed by atoms with Crippen LogP contribution in [0, 0.1) is 6.92 Å². The molecule has 0 spiro atoms. The van der Waals surface area contributed by atoms with Crippen LogP contribution < -0.4 is 21.6 Å². The van der Waals surface area contributed by atoms with Gasteiger partial charge in [-0.2, -0.15) is 0 Å². The van der Waals surface area contributed by atoms with Crippen molar-refractivity contribution >= 4 is 28.2 Å². The Kier molecular flexibility index (Phi) is 1.97. The van der Waals surface area contributed by atoms with E-state index >= 15 is 0 Å². The highest BCUT2D eigenvalue weighted by Crippen LogP contribution is 2.30. The molecule has 1 aliphatic heterocycles. The molecule has 0 saturated heterocycles. The molecule has 0 aliphatic carbocycles. The highest BCUT2D eigenvalue weighted by molar-refractivity contribution is 7.16. The SMILES string of the molecule is Cc1cc2c(s1)NC=c1cccnc1=C2N. The molecular formula is C12H11N3S. The average Bonchev–Trinajstić information content (AvgIpc) is 2.62. The van der Waals surface area contributed by atoms with E-state index in [1.54, 1.807) is 17.5 Å². The lowest BCUT2D eigenvalue weighted by Crippen LogP contribution is -2.32. The van der Waals surface area contributed by atoms with Gasteiger partial charge in [-0.05, 0) is 25.1 Å². The highest BCUT2D eigenvalue weighted by atomic mass is 32.1. The standard InChI is InChI=1S/C12H11N3S/c1-7-5-9-10(13)11-8(3-2-4-14-11)6-15-12(9)16-7/h2-6,15H,13H2,1H3. The first kappa shape index (κ1) is 9.42. The molecule has 3 heterocycles. The van der Waals surface area contributed by atoms with Crippen molar-refractivity contribution in [2.75, 3.05) is 5.32 Å². The Hall–Kier alpha value is -1.81. The second-order valence-electron chi connectivity index (χ2n) is 3.74. The van der Waals surface area contributed by atoms with E-state index in [0.29, 0.717) is 0 Å². The van der Waals surface area contributed by atoms with Gasteiger partial charge in [0.25, 0.3) is 0 Å². The van der Waals surface area contributed by atoms with E-state index in [2.05, 4.69) is 23.3 Å². The van der Waals surface area contributed by atoms with Crippen LogP contribution in [0.4, 0.5) is 5.00 Å². The molecule has 0 saturated carbocycles. The van der Waals surface area contributed by atoms with E-state index in [-0.39, 0.29) is 0 Å². The van der Waals surface area contributed by atoms with Crippen molar-refractivity contribution < 1.29 is 0 Å². The zero-order valence-electron chi connectivity index (χ0n) is 8.82. The number of aromatic nitrogens is 1. The third-order valence-corrected chi connectivity index (χ3v) is 3.58. The maximum Gasteiger partial charge on any atom is 0.102 e. The molecule has 0 amide bonds. The van der Waals surface area contributed by atoms with Crippen LogP contribution in [0.1, 0.15) is 10.4 Å². The van der Waals surface area contributed by atoms with Gasteiger partial charge < -0.3 is 11.1 Å². The number of nitrogens with two attached hydrogens (primary N) is 1. The number of pyridine rings is 1. The number of rotatable bonds is 0. The molecule has 2 aromatic rings. The van der Waals surface area contributed by atoms with Crippen molar-refractivity contribution in [3.63, 3.8) is 0 Å². The van der Waals surface area contributed by atoms with E-state index < -0.39 is 0 Å². The molecule has 16 heavy (non-hydrogen) atoms. The van der Waals surface area contributed by atoms with Crippen LogP contribution in [-0.2, 0) is 0 Å². The topological polar surface area (TPSA) is 50.9 Å². The Morgan fingerprint density at radius 2 is 2.31 bits per heavy atom. The predicted molar refractivity (Wildman–Crippen MR) is 67.3 cm³/mol. The number of aryl methyl sites for hydroxylation is 1. The minimum atomic E-state index is 0.746. The summed E-state index contributed by atoms with van der Waals surface area (Å²) < 4.78 is 0. The fourth-order valence-corrected chi connectivity index (χ4v) is 2.75. The van der Waals surface area contributed by atoms with Crippen molar-refractivity contribution in [1.82, 2.24) is 4.98 Å². The molecule has 0 fully saturated rings. The van der Waals surface area contributed by atoms with Crippen LogP contribution in [0.15, 0.2) is 24.4 Å². The van der Waals surface area contributed by atoms with Gasteiger partial charge in [0.2, 0.25) is 0 Å². The summed E-state index contributed by atoms with van der Waals surface area (Å²) in [5.74, 6) is 0. The van der Waals surface area contributed by atoms with Crippen LogP contribution in [0.2, 0.25) is 0 Å². The van der Waals surface area contributed by atoms with E-state index in [4.69, 9.17) is 5.73 Å². The van der Waals surface area contributed by atoms with Crippen LogP contribution in [-0.4, -0.2) is 4.98 Å². The van der Waals surface area contributed by atoms with Crippen molar-refractivity contribution in [3.8, 4) is 0 Å². The fraction of sp³-hybridized carbons (Fsp3) is 0.0833. The largest absolute Gasteiger partial charge is 0.396 e. The highest BCUT2D eigenvalue weighted by Gasteiger charge is 2.12.